The van der Waals surface area contributed by atoms with Crippen LogP contribution in [0.25, 0.3) is 10.2 Å². The number of methoxy groups -OCH3 is 1. The van der Waals surface area contributed by atoms with E-state index in [2.05, 4.69) is 10.3 Å². The maximum absolute atomic E-state index is 12.8. The summed E-state index contributed by atoms with van der Waals surface area (Å²) in [4.78, 5) is 31.6. The van der Waals surface area contributed by atoms with Crippen LogP contribution in [0.3, 0.4) is 0 Å². The van der Waals surface area contributed by atoms with Gasteiger partial charge < -0.3 is 10.1 Å². The monoisotopic (exact) mass is 417 g/mol. The van der Waals surface area contributed by atoms with Crippen LogP contribution >= 0.6 is 23.1 Å². The first-order valence-corrected chi connectivity index (χ1v) is 10.8. The van der Waals surface area contributed by atoms with E-state index >= 15 is 0 Å². The summed E-state index contributed by atoms with van der Waals surface area (Å²) >= 11 is 2.81. The molecule has 1 N–H and O–H groups in total. The summed E-state index contributed by atoms with van der Waals surface area (Å²) in [6, 6.07) is 7.55. The molecule has 0 bridgehead atoms. The van der Waals surface area contributed by atoms with E-state index in [1.165, 1.54) is 23.1 Å². The third kappa shape index (κ3) is 4.23. The summed E-state index contributed by atoms with van der Waals surface area (Å²) in [6.45, 7) is 6.83. The molecular weight excluding hydrogens is 394 g/mol. The van der Waals surface area contributed by atoms with Gasteiger partial charge in [0.05, 0.1) is 18.2 Å². The van der Waals surface area contributed by atoms with Crippen LogP contribution in [-0.2, 0) is 17.9 Å². The summed E-state index contributed by atoms with van der Waals surface area (Å²) < 4.78 is 6.77. The van der Waals surface area contributed by atoms with Crippen molar-refractivity contribution in [3.8, 4) is 5.75 Å². The highest BCUT2D eigenvalue weighted by Crippen LogP contribution is 2.28. The lowest BCUT2D eigenvalue weighted by atomic mass is 10.2. The molecule has 1 amide bonds. The Kier molecular flexibility index (Phi) is 6.41. The predicted molar refractivity (Wildman–Crippen MR) is 115 cm³/mol. The third-order valence-corrected chi connectivity index (χ3v) is 6.63. The van der Waals surface area contributed by atoms with Crippen LogP contribution in [0.5, 0.6) is 5.75 Å². The molecule has 0 saturated carbocycles. The highest BCUT2D eigenvalue weighted by molar-refractivity contribution is 7.99. The fourth-order valence-corrected chi connectivity index (χ4v) is 4.79. The fraction of sp³-hybridized carbons (Fsp3) is 0.350. The van der Waals surface area contributed by atoms with Gasteiger partial charge in [-0.05, 0) is 44.0 Å². The summed E-state index contributed by atoms with van der Waals surface area (Å²) in [6.07, 6.45) is 0. The molecule has 0 spiro atoms. The number of fused-ring (bicyclic) bond motifs is 1. The molecule has 3 rings (SSSR count). The van der Waals surface area contributed by atoms with Crippen LogP contribution in [-0.4, -0.2) is 28.3 Å². The molecule has 2 aromatic heterocycles. The molecule has 0 unspecified atom stereocenters. The second kappa shape index (κ2) is 8.79. The van der Waals surface area contributed by atoms with Crippen molar-refractivity contribution in [1.82, 2.24) is 14.9 Å². The first-order valence-electron chi connectivity index (χ1n) is 8.97. The molecule has 6 nitrogen and oxygen atoms in total. The van der Waals surface area contributed by atoms with Gasteiger partial charge in [-0.2, -0.15) is 0 Å². The number of hydrogen-bond donors (Lipinski definition) is 1. The number of rotatable bonds is 7. The van der Waals surface area contributed by atoms with E-state index in [0.29, 0.717) is 23.6 Å². The molecule has 0 atom stereocenters. The molecule has 148 valence electrons. The summed E-state index contributed by atoms with van der Waals surface area (Å²) in [5.74, 6) is 0.886. The van der Waals surface area contributed by atoms with E-state index in [4.69, 9.17) is 4.74 Å². The highest BCUT2D eigenvalue weighted by atomic mass is 32.2. The Morgan fingerprint density at radius 2 is 2.00 bits per heavy atom. The predicted octanol–water partition coefficient (Wildman–Crippen LogP) is 3.51. The first kappa shape index (κ1) is 20.4. The maximum Gasteiger partial charge on any atom is 0.263 e. The Bertz CT molecular complexity index is 1060. The number of thioether (sulfide) groups is 1. The number of aryl methyl sites for hydroxylation is 2. The summed E-state index contributed by atoms with van der Waals surface area (Å²) in [5, 5.41) is 4.17. The molecule has 8 heteroatoms. The van der Waals surface area contributed by atoms with Crippen molar-refractivity contribution in [1.29, 1.82) is 0 Å². The third-order valence-electron chi connectivity index (χ3n) is 4.55. The summed E-state index contributed by atoms with van der Waals surface area (Å²) in [5.41, 5.74) is 1.96. The van der Waals surface area contributed by atoms with Crippen LogP contribution in [0.2, 0.25) is 0 Å². The molecule has 1 aromatic carbocycles. The lowest BCUT2D eigenvalue weighted by molar-refractivity contribution is -0.118. The van der Waals surface area contributed by atoms with E-state index in [-0.39, 0.29) is 17.2 Å². The van der Waals surface area contributed by atoms with E-state index in [1.807, 2.05) is 45.0 Å². The minimum Gasteiger partial charge on any atom is -0.497 e. The van der Waals surface area contributed by atoms with Gasteiger partial charge in [-0.3, -0.25) is 14.2 Å². The van der Waals surface area contributed by atoms with Crippen molar-refractivity contribution in [3.63, 3.8) is 0 Å². The minimum atomic E-state index is -0.101. The number of nitrogens with one attached hydrogen (secondary N) is 1. The Hall–Kier alpha value is -2.32. The Morgan fingerprint density at radius 1 is 1.29 bits per heavy atom. The van der Waals surface area contributed by atoms with Crippen molar-refractivity contribution in [2.75, 3.05) is 12.9 Å². The van der Waals surface area contributed by atoms with Gasteiger partial charge in [0.1, 0.15) is 10.6 Å². The van der Waals surface area contributed by atoms with Gasteiger partial charge >= 0.3 is 0 Å². The number of amides is 1. The zero-order valence-electron chi connectivity index (χ0n) is 16.4. The average Bonchev–Trinajstić information content (AvgIpc) is 2.99. The van der Waals surface area contributed by atoms with Gasteiger partial charge in [-0.15, -0.1) is 11.3 Å². The topological polar surface area (TPSA) is 73.2 Å². The molecule has 0 aliphatic carbocycles. The van der Waals surface area contributed by atoms with Gasteiger partial charge in [0, 0.05) is 18.0 Å². The molecule has 2 heterocycles. The van der Waals surface area contributed by atoms with E-state index in [0.717, 1.165) is 26.6 Å². The number of ether oxygens (including phenoxy) is 1. The average molecular weight is 418 g/mol. The number of benzene rings is 1. The largest absolute Gasteiger partial charge is 0.497 e. The second-order valence-electron chi connectivity index (χ2n) is 6.32. The van der Waals surface area contributed by atoms with Crippen LogP contribution in [0, 0.1) is 13.8 Å². The smallest absolute Gasteiger partial charge is 0.263 e. The molecule has 0 radical (unpaired) electrons. The number of carbonyl (C=O) groups excluding carboxylic acids is 1. The van der Waals surface area contributed by atoms with Crippen molar-refractivity contribution in [3.05, 3.63) is 50.6 Å². The highest BCUT2D eigenvalue weighted by Gasteiger charge is 2.16. The molecule has 28 heavy (non-hydrogen) atoms. The summed E-state index contributed by atoms with van der Waals surface area (Å²) in [7, 11) is 1.62. The van der Waals surface area contributed by atoms with Crippen LogP contribution in [0.15, 0.2) is 34.2 Å². The number of thiophene rings is 1. The standard InChI is InChI=1S/C20H23N3O3S2/c1-5-23-19(25)17-12(2)13(3)28-18(17)22-20(23)27-11-16(24)21-10-14-6-8-15(26-4)9-7-14/h6-9H,5,10-11H2,1-4H3,(H,21,24). The normalized spacial score (nSPS) is 11.0. The zero-order valence-corrected chi connectivity index (χ0v) is 18.0. The second-order valence-corrected chi connectivity index (χ2v) is 8.47. The van der Waals surface area contributed by atoms with Gasteiger partial charge in [-0.25, -0.2) is 4.98 Å². The van der Waals surface area contributed by atoms with Crippen LogP contribution in [0.1, 0.15) is 22.9 Å². The van der Waals surface area contributed by atoms with Crippen molar-refractivity contribution in [2.45, 2.75) is 39.0 Å². The molecule has 0 fully saturated rings. The first-order chi connectivity index (χ1) is 13.4. The van der Waals surface area contributed by atoms with Crippen molar-refractivity contribution < 1.29 is 9.53 Å². The zero-order chi connectivity index (χ0) is 20.3. The molecular formula is C20H23N3O3S2. The van der Waals surface area contributed by atoms with E-state index in [9.17, 15) is 9.59 Å². The van der Waals surface area contributed by atoms with Crippen molar-refractivity contribution in [2.24, 2.45) is 0 Å². The molecule has 0 aliphatic heterocycles. The molecule has 3 aromatic rings. The van der Waals surface area contributed by atoms with Crippen molar-refractivity contribution >= 4 is 39.2 Å². The number of hydrogen-bond acceptors (Lipinski definition) is 6. The lowest BCUT2D eigenvalue weighted by Crippen LogP contribution is -2.26. The van der Waals surface area contributed by atoms with Gasteiger partial charge in [0.2, 0.25) is 5.91 Å². The Balaban J connectivity index is 1.68. The quantitative estimate of drug-likeness (QED) is 0.470. The van der Waals surface area contributed by atoms with Crippen LogP contribution < -0.4 is 15.6 Å². The van der Waals surface area contributed by atoms with Gasteiger partial charge in [-0.1, -0.05) is 23.9 Å². The Morgan fingerprint density at radius 3 is 2.64 bits per heavy atom. The minimum absolute atomic E-state index is 0.0320. The molecule has 0 saturated heterocycles. The number of aromatic nitrogens is 2. The Labute approximate surface area is 171 Å². The number of nitrogens with zero attached hydrogens (tertiary/aromatic N) is 2. The SMILES string of the molecule is CCn1c(SCC(=O)NCc2ccc(OC)cc2)nc2sc(C)c(C)c2c1=O. The number of carbonyl (C=O) groups is 1. The maximum atomic E-state index is 12.8. The lowest BCUT2D eigenvalue weighted by Gasteiger charge is -2.10. The van der Waals surface area contributed by atoms with Gasteiger partial charge in [0.25, 0.3) is 5.56 Å². The van der Waals surface area contributed by atoms with Crippen LogP contribution in [0.4, 0.5) is 0 Å². The molecule has 0 aliphatic rings. The van der Waals surface area contributed by atoms with Gasteiger partial charge in [0.15, 0.2) is 5.16 Å². The van der Waals surface area contributed by atoms with E-state index < -0.39 is 0 Å². The fourth-order valence-electron chi connectivity index (χ4n) is 2.82. The van der Waals surface area contributed by atoms with E-state index in [1.54, 1.807) is 11.7 Å².